The highest BCUT2D eigenvalue weighted by atomic mass is 35.5. The Morgan fingerprint density at radius 3 is 2.03 bits per heavy atom. The average molecular weight is 444 g/mol. The highest BCUT2D eigenvalue weighted by Gasteiger charge is 2.32. The Labute approximate surface area is 188 Å². The summed E-state index contributed by atoms with van der Waals surface area (Å²) in [7, 11) is 0. The van der Waals surface area contributed by atoms with Crippen molar-refractivity contribution in [3.8, 4) is 5.75 Å². The number of carbonyl (C=O) groups is 3. The summed E-state index contributed by atoms with van der Waals surface area (Å²) in [6, 6.07) is 13.4. The smallest absolute Gasteiger partial charge is 0.193 e. The van der Waals surface area contributed by atoms with Crippen LogP contribution in [-0.2, 0) is 9.59 Å². The summed E-state index contributed by atoms with van der Waals surface area (Å²) in [5.41, 5.74) is 5.47. The SMILES string of the molecule is CC(=O)[C@H](CCCCN)CC(=O)C(C)(C)Oc1ccc(C(=O)c2ccc(Cl)cc2)cc1. The molecule has 6 heteroatoms. The minimum absolute atomic E-state index is 0.00577. The number of halogens is 1. The van der Waals surface area contributed by atoms with Crippen molar-refractivity contribution in [3.05, 3.63) is 64.7 Å². The van der Waals surface area contributed by atoms with Crippen LogP contribution in [0, 0.1) is 5.92 Å². The van der Waals surface area contributed by atoms with Gasteiger partial charge in [0.15, 0.2) is 17.2 Å². The van der Waals surface area contributed by atoms with Crippen LogP contribution >= 0.6 is 11.6 Å². The number of ketones is 3. The number of Topliss-reactive ketones (excluding diaryl/α,β-unsaturated/α-hetero) is 2. The third-order valence-corrected chi connectivity index (χ3v) is 5.53. The van der Waals surface area contributed by atoms with Gasteiger partial charge in [0.25, 0.3) is 0 Å². The van der Waals surface area contributed by atoms with Gasteiger partial charge in [0.1, 0.15) is 11.5 Å². The molecule has 0 amide bonds. The number of nitrogens with two attached hydrogens (primary N) is 1. The van der Waals surface area contributed by atoms with Gasteiger partial charge in [-0.25, -0.2) is 0 Å². The van der Waals surface area contributed by atoms with Crippen molar-refractivity contribution in [3.63, 3.8) is 0 Å². The summed E-state index contributed by atoms with van der Waals surface area (Å²) in [6.45, 7) is 5.48. The van der Waals surface area contributed by atoms with Crippen molar-refractivity contribution in [2.45, 2.75) is 52.1 Å². The zero-order chi connectivity index (χ0) is 23.0. The molecule has 0 unspecified atom stereocenters. The third kappa shape index (κ3) is 7.30. The maximum absolute atomic E-state index is 12.8. The maximum Gasteiger partial charge on any atom is 0.193 e. The van der Waals surface area contributed by atoms with Gasteiger partial charge in [0.05, 0.1) is 0 Å². The molecule has 2 aromatic carbocycles. The van der Waals surface area contributed by atoms with Crippen LogP contribution in [0.4, 0.5) is 0 Å². The van der Waals surface area contributed by atoms with E-state index in [-0.39, 0.29) is 29.7 Å². The van der Waals surface area contributed by atoms with Crippen LogP contribution in [-0.4, -0.2) is 29.5 Å². The number of hydrogen-bond donors (Lipinski definition) is 1. The third-order valence-electron chi connectivity index (χ3n) is 5.28. The zero-order valence-corrected chi connectivity index (χ0v) is 19.1. The second-order valence-electron chi connectivity index (χ2n) is 8.19. The van der Waals surface area contributed by atoms with E-state index in [1.807, 2.05) is 0 Å². The Bertz CT molecular complexity index is 904. The number of hydrogen-bond acceptors (Lipinski definition) is 5. The van der Waals surface area contributed by atoms with Crippen molar-refractivity contribution in [1.29, 1.82) is 0 Å². The van der Waals surface area contributed by atoms with E-state index in [1.165, 1.54) is 6.92 Å². The fourth-order valence-corrected chi connectivity index (χ4v) is 3.37. The minimum atomic E-state index is -1.09. The largest absolute Gasteiger partial charge is 0.480 e. The molecule has 0 saturated carbocycles. The minimum Gasteiger partial charge on any atom is -0.480 e. The van der Waals surface area contributed by atoms with E-state index in [0.717, 1.165) is 12.8 Å². The van der Waals surface area contributed by atoms with Gasteiger partial charge >= 0.3 is 0 Å². The van der Waals surface area contributed by atoms with Crippen LogP contribution in [0.15, 0.2) is 48.5 Å². The van der Waals surface area contributed by atoms with E-state index in [4.69, 9.17) is 22.1 Å². The highest BCUT2D eigenvalue weighted by molar-refractivity contribution is 6.30. The first-order valence-electron chi connectivity index (χ1n) is 10.5. The second-order valence-corrected chi connectivity index (χ2v) is 8.63. The Balaban J connectivity index is 2.03. The Morgan fingerprint density at radius 2 is 1.52 bits per heavy atom. The standard InChI is InChI=1S/C25H30ClNO4/c1-17(28)20(6-4-5-15-27)16-23(29)25(2,3)31-22-13-9-19(10-14-22)24(30)18-7-11-21(26)12-8-18/h7-14,20H,4-6,15-16,27H2,1-3H3/t20-/m1/s1. The molecule has 0 aliphatic heterocycles. The van der Waals surface area contributed by atoms with Crippen LogP contribution in [0.1, 0.15) is 62.4 Å². The van der Waals surface area contributed by atoms with Crippen molar-refractivity contribution >= 4 is 29.0 Å². The lowest BCUT2D eigenvalue weighted by Gasteiger charge is -2.27. The van der Waals surface area contributed by atoms with Gasteiger partial charge in [-0.1, -0.05) is 18.0 Å². The predicted molar refractivity (Wildman–Crippen MR) is 123 cm³/mol. The van der Waals surface area contributed by atoms with Gasteiger partial charge in [-0.2, -0.15) is 0 Å². The lowest BCUT2D eigenvalue weighted by atomic mass is 9.87. The average Bonchev–Trinajstić information content (AvgIpc) is 2.73. The van der Waals surface area contributed by atoms with E-state index in [1.54, 1.807) is 62.4 Å². The van der Waals surface area contributed by atoms with E-state index >= 15 is 0 Å². The molecule has 0 aromatic heterocycles. The first-order chi connectivity index (χ1) is 14.6. The fourth-order valence-electron chi connectivity index (χ4n) is 3.25. The van der Waals surface area contributed by atoms with Crippen molar-refractivity contribution in [1.82, 2.24) is 0 Å². The van der Waals surface area contributed by atoms with Crippen LogP contribution in [0.2, 0.25) is 5.02 Å². The summed E-state index contributed by atoms with van der Waals surface area (Å²) in [5.74, 6) is -0.0943. The summed E-state index contributed by atoms with van der Waals surface area (Å²) in [6.07, 6.45) is 2.44. The molecule has 0 spiro atoms. The Kier molecular flexibility index (Phi) is 8.96. The van der Waals surface area contributed by atoms with Gasteiger partial charge < -0.3 is 10.5 Å². The summed E-state index contributed by atoms with van der Waals surface area (Å²) in [5, 5.41) is 0.568. The van der Waals surface area contributed by atoms with Gasteiger partial charge in [-0.05, 0) is 88.7 Å². The lowest BCUT2D eigenvalue weighted by molar-refractivity contribution is -0.135. The number of ether oxygens (including phenoxy) is 1. The van der Waals surface area contributed by atoms with E-state index < -0.39 is 5.60 Å². The Morgan fingerprint density at radius 1 is 0.968 bits per heavy atom. The summed E-state index contributed by atoms with van der Waals surface area (Å²) >= 11 is 5.87. The molecular weight excluding hydrogens is 414 g/mol. The van der Waals surface area contributed by atoms with Gasteiger partial charge in [0.2, 0.25) is 0 Å². The molecular formula is C25H30ClNO4. The topological polar surface area (TPSA) is 86.5 Å². The van der Waals surface area contributed by atoms with Gasteiger partial charge in [-0.3, -0.25) is 14.4 Å². The van der Waals surface area contributed by atoms with Crippen LogP contribution in [0.5, 0.6) is 5.75 Å². The van der Waals surface area contributed by atoms with Gasteiger partial charge in [0, 0.05) is 28.5 Å². The molecule has 0 fully saturated rings. The molecule has 1 atom stereocenters. The Hall–Kier alpha value is -2.50. The van der Waals surface area contributed by atoms with E-state index in [0.29, 0.717) is 34.9 Å². The van der Waals surface area contributed by atoms with E-state index in [2.05, 4.69) is 0 Å². The van der Waals surface area contributed by atoms with E-state index in [9.17, 15) is 14.4 Å². The molecule has 166 valence electrons. The summed E-state index contributed by atoms with van der Waals surface area (Å²) < 4.78 is 5.92. The number of carbonyl (C=O) groups excluding carboxylic acids is 3. The van der Waals surface area contributed by atoms with Crippen molar-refractivity contribution in [2.24, 2.45) is 11.7 Å². The lowest BCUT2D eigenvalue weighted by Crippen LogP contribution is -2.40. The molecule has 2 rings (SSSR count). The second kappa shape index (κ2) is 11.2. The molecule has 31 heavy (non-hydrogen) atoms. The monoisotopic (exact) mass is 443 g/mol. The van der Waals surface area contributed by atoms with Crippen molar-refractivity contribution < 1.29 is 19.1 Å². The molecule has 5 nitrogen and oxygen atoms in total. The molecule has 0 aliphatic rings. The number of benzene rings is 2. The van der Waals surface area contributed by atoms with Crippen LogP contribution < -0.4 is 10.5 Å². The normalized spacial score (nSPS) is 12.3. The quantitative estimate of drug-likeness (QED) is 0.367. The van der Waals surface area contributed by atoms with Gasteiger partial charge in [-0.15, -0.1) is 0 Å². The maximum atomic E-state index is 12.8. The molecule has 2 aromatic rings. The first kappa shape index (κ1) is 24.8. The molecule has 0 radical (unpaired) electrons. The van der Waals surface area contributed by atoms with Crippen LogP contribution in [0.25, 0.3) is 0 Å². The molecule has 0 heterocycles. The number of rotatable bonds is 12. The molecule has 2 N–H and O–H groups in total. The molecule has 0 saturated heterocycles. The van der Waals surface area contributed by atoms with Crippen molar-refractivity contribution in [2.75, 3.05) is 6.54 Å². The zero-order valence-electron chi connectivity index (χ0n) is 18.3. The highest BCUT2D eigenvalue weighted by Crippen LogP contribution is 2.25. The molecule has 0 aliphatic carbocycles. The molecule has 0 bridgehead atoms. The van der Waals surface area contributed by atoms with Crippen LogP contribution in [0.3, 0.4) is 0 Å². The first-order valence-corrected chi connectivity index (χ1v) is 10.8. The predicted octanol–water partition coefficient (Wildman–Crippen LogP) is 5.02. The number of unbranched alkanes of at least 4 members (excludes halogenated alkanes) is 1. The summed E-state index contributed by atoms with van der Waals surface area (Å²) in [4.78, 5) is 37.3. The fraction of sp³-hybridized carbons (Fsp3) is 0.400.